The van der Waals surface area contributed by atoms with Crippen molar-refractivity contribution in [3.05, 3.63) is 28.8 Å². The van der Waals surface area contributed by atoms with Crippen molar-refractivity contribution in [2.75, 3.05) is 18.0 Å². The molecule has 1 aromatic rings. The summed E-state index contributed by atoms with van der Waals surface area (Å²) in [7, 11) is 0. The summed E-state index contributed by atoms with van der Waals surface area (Å²) in [5, 5.41) is 0.817. The lowest BCUT2D eigenvalue weighted by molar-refractivity contribution is 0.308. The predicted octanol–water partition coefficient (Wildman–Crippen LogP) is 4.91. The fraction of sp³-hybridized carbons (Fsp3) is 0.667. The molecule has 1 aliphatic heterocycles. The van der Waals surface area contributed by atoms with E-state index in [1.807, 2.05) is 6.07 Å². The van der Waals surface area contributed by atoms with Crippen LogP contribution in [0.1, 0.15) is 63.0 Å². The zero-order chi connectivity index (χ0) is 14.7. The minimum Gasteiger partial charge on any atom is -0.371 e. The van der Waals surface area contributed by atoms with Gasteiger partial charge in [-0.1, -0.05) is 30.9 Å². The van der Waals surface area contributed by atoms with E-state index in [4.69, 9.17) is 17.3 Å². The van der Waals surface area contributed by atoms with Crippen LogP contribution in [0, 0.1) is 5.92 Å². The maximum Gasteiger partial charge on any atom is 0.0415 e. The molecule has 21 heavy (non-hydrogen) atoms. The summed E-state index contributed by atoms with van der Waals surface area (Å²) in [6.45, 7) is 2.32. The normalized spacial score (nSPS) is 22.3. The van der Waals surface area contributed by atoms with Gasteiger partial charge in [-0.15, -0.1) is 0 Å². The van der Waals surface area contributed by atoms with Crippen LogP contribution in [0.4, 0.5) is 5.69 Å². The second-order valence-electron chi connectivity index (χ2n) is 6.67. The lowest BCUT2D eigenvalue weighted by Crippen LogP contribution is -2.32. The number of piperidine rings is 1. The minimum atomic E-state index is 0.140. The van der Waals surface area contributed by atoms with E-state index in [9.17, 15) is 0 Å². The second kappa shape index (κ2) is 7.02. The highest BCUT2D eigenvalue weighted by molar-refractivity contribution is 6.30. The van der Waals surface area contributed by atoms with Crippen molar-refractivity contribution in [1.82, 2.24) is 0 Å². The van der Waals surface area contributed by atoms with Crippen molar-refractivity contribution in [2.24, 2.45) is 11.7 Å². The zero-order valence-electron chi connectivity index (χ0n) is 12.9. The van der Waals surface area contributed by atoms with E-state index in [0.717, 1.165) is 18.1 Å². The van der Waals surface area contributed by atoms with Crippen LogP contribution in [0.3, 0.4) is 0 Å². The SMILES string of the molecule is N[C@@H](c1cc(Cl)ccc1N1CCCCC1)C1CCCCC1. The molecule has 3 rings (SSSR count). The Hall–Kier alpha value is -0.730. The molecule has 0 unspecified atom stereocenters. The van der Waals surface area contributed by atoms with E-state index in [-0.39, 0.29) is 6.04 Å². The van der Waals surface area contributed by atoms with Crippen molar-refractivity contribution >= 4 is 17.3 Å². The Morgan fingerprint density at radius 2 is 1.67 bits per heavy atom. The van der Waals surface area contributed by atoms with Crippen LogP contribution < -0.4 is 10.6 Å². The Kier molecular flexibility index (Phi) is 5.07. The van der Waals surface area contributed by atoms with E-state index in [2.05, 4.69) is 17.0 Å². The standard InChI is InChI=1S/C18H27ClN2/c19-15-9-10-17(21-11-5-2-6-12-21)16(13-15)18(20)14-7-3-1-4-8-14/h9-10,13-14,18H,1-8,11-12,20H2/t18-/m1/s1. The van der Waals surface area contributed by atoms with E-state index in [1.54, 1.807) is 0 Å². The molecule has 2 aliphatic rings. The first kappa shape index (κ1) is 15.2. The van der Waals surface area contributed by atoms with Gasteiger partial charge < -0.3 is 10.6 Å². The molecule has 0 bridgehead atoms. The van der Waals surface area contributed by atoms with Crippen molar-refractivity contribution in [2.45, 2.75) is 57.4 Å². The average molecular weight is 307 g/mol. The molecule has 1 atom stereocenters. The Bertz CT molecular complexity index is 462. The predicted molar refractivity (Wildman–Crippen MR) is 91.0 cm³/mol. The van der Waals surface area contributed by atoms with Gasteiger partial charge in [0.25, 0.3) is 0 Å². The van der Waals surface area contributed by atoms with Crippen LogP contribution in [0.25, 0.3) is 0 Å². The van der Waals surface area contributed by atoms with Gasteiger partial charge in [0.05, 0.1) is 0 Å². The quantitative estimate of drug-likeness (QED) is 0.859. The van der Waals surface area contributed by atoms with Crippen molar-refractivity contribution in [1.29, 1.82) is 0 Å². The van der Waals surface area contributed by atoms with Crippen LogP contribution in [0.2, 0.25) is 5.02 Å². The Balaban J connectivity index is 1.86. The number of hydrogen-bond donors (Lipinski definition) is 1. The summed E-state index contributed by atoms with van der Waals surface area (Å²) in [5.41, 5.74) is 9.27. The number of benzene rings is 1. The number of hydrogen-bond acceptors (Lipinski definition) is 2. The van der Waals surface area contributed by atoms with Crippen LogP contribution >= 0.6 is 11.6 Å². The molecule has 1 saturated heterocycles. The van der Waals surface area contributed by atoms with Gasteiger partial charge in [-0.25, -0.2) is 0 Å². The molecule has 3 heteroatoms. The van der Waals surface area contributed by atoms with Crippen molar-refractivity contribution in [3.63, 3.8) is 0 Å². The number of nitrogens with two attached hydrogens (primary N) is 1. The lowest BCUT2D eigenvalue weighted by Gasteiger charge is -2.34. The Morgan fingerprint density at radius 3 is 2.38 bits per heavy atom. The minimum absolute atomic E-state index is 0.140. The summed E-state index contributed by atoms with van der Waals surface area (Å²) in [5.74, 6) is 0.626. The molecule has 1 heterocycles. The molecule has 0 spiro atoms. The van der Waals surface area contributed by atoms with Crippen LogP contribution in [-0.4, -0.2) is 13.1 Å². The summed E-state index contributed by atoms with van der Waals surface area (Å²) < 4.78 is 0. The van der Waals surface area contributed by atoms with E-state index < -0.39 is 0 Å². The third-order valence-corrected chi connectivity index (χ3v) is 5.44. The topological polar surface area (TPSA) is 29.3 Å². The van der Waals surface area contributed by atoms with Gasteiger partial charge in [-0.05, 0) is 61.8 Å². The Morgan fingerprint density at radius 1 is 1.00 bits per heavy atom. The third kappa shape index (κ3) is 3.54. The maximum atomic E-state index is 6.66. The number of rotatable bonds is 3. The molecular formula is C18H27ClN2. The molecule has 1 saturated carbocycles. The van der Waals surface area contributed by atoms with Gasteiger partial charge in [-0.2, -0.15) is 0 Å². The zero-order valence-corrected chi connectivity index (χ0v) is 13.6. The molecule has 2 fully saturated rings. The van der Waals surface area contributed by atoms with E-state index in [1.165, 1.54) is 62.6 Å². The average Bonchev–Trinajstić information content (AvgIpc) is 2.56. The third-order valence-electron chi connectivity index (χ3n) is 5.20. The lowest BCUT2D eigenvalue weighted by atomic mass is 9.81. The molecule has 2 nitrogen and oxygen atoms in total. The van der Waals surface area contributed by atoms with E-state index in [0.29, 0.717) is 5.92 Å². The van der Waals surface area contributed by atoms with Gasteiger partial charge in [0.15, 0.2) is 0 Å². The van der Waals surface area contributed by atoms with Gasteiger partial charge >= 0.3 is 0 Å². The summed E-state index contributed by atoms with van der Waals surface area (Å²) in [6.07, 6.45) is 10.5. The summed E-state index contributed by atoms with van der Waals surface area (Å²) in [6, 6.07) is 6.46. The molecule has 2 N–H and O–H groups in total. The summed E-state index contributed by atoms with van der Waals surface area (Å²) >= 11 is 6.26. The molecule has 0 aromatic heterocycles. The van der Waals surface area contributed by atoms with Gasteiger partial charge in [0, 0.05) is 29.8 Å². The van der Waals surface area contributed by atoms with Crippen LogP contribution in [-0.2, 0) is 0 Å². The molecule has 0 amide bonds. The van der Waals surface area contributed by atoms with Gasteiger partial charge in [0.1, 0.15) is 0 Å². The highest BCUT2D eigenvalue weighted by atomic mass is 35.5. The maximum absolute atomic E-state index is 6.66. The Labute approximate surface area is 133 Å². The largest absolute Gasteiger partial charge is 0.371 e. The van der Waals surface area contributed by atoms with E-state index >= 15 is 0 Å². The smallest absolute Gasteiger partial charge is 0.0415 e. The first-order valence-corrected chi connectivity index (χ1v) is 8.93. The number of anilines is 1. The molecule has 1 aliphatic carbocycles. The highest BCUT2D eigenvalue weighted by Gasteiger charge is 2.26. The highest BCUT2D eigenvalue weighted by Crippen LogP contribution is 2.38. The fourth-order valence-electron chi connectivity index (χ4n) is 3.96. The van der Waals surface area contributed by atoms with Crippen LogP contribution in [0.5, 0.6) is 0 Å². The number of nitrogens with zero attached hydrogens (tertiary/aromatic N) is 1. The molecular weight excluding hydrogens is 280 g/mol. The fourth-order valence-corrected chi connectivity index (χ4v) is 4.14. The molecule has 116 valence electrons. The number of halogens is 1. The van der Waals surface area contributed by atoms with Crippen molar-refractivity contribution in [3.8, 4) is 0 Å². The molecule has 1 aromatic carbocycles. The van der Waals surface area contributed by atoms with Crippen LogP contribution in [0.15, 0.2) is 18.2 Å². The summed E-state index contributed by atoms with van der Waals surface area (Å²) in [4.78, 5) is 2.51. The molecule has 0 radical (unpaired) electrons. The van der Waals surface area contributed by atoms with Gasteiger partial charge in [0.2, 0.25) is 0 Å². The first-order valence-electron chi connectivity index (χ1n) is 8.55. The monoisotopic (exact) mass is 306 g/mol. The van der Waals surface area contributed by atoms with Gasteiger partial charge in [-0.3, -0.25) is 0 Å². The second-order valence-corrected chi connectivity index (χ2v) is 7.11. The first-order chi connectivity index (χ1) is 10.3. The van der Waals surface area contributed by atoms with Crippen molar-refractivity contribution < 1.29 is 0 Å².